The molecule has 0 fully saturated rings. The van der Waals surface area contributed by atoms with Gasteiger partial charge in [-0.2, -0.15) is 0 Å². The van der Waals surface area contributed by atoms with E-state index in [1.54, 1.807) is 31.5 Å². The first-order valence-corrected chi connectivity index (χ1v) is 15.1. The molecule has 0 radical (unpaired) electrons. The van der Waals surface area contributed by atoms with Gasteiger partial charge in [-0.25, -0.2) is 9.29 Å². The molecule has 4 aromatic rings. The molecule has 7 nitrogen and oxygen atoms in total. The van der Waals surface area contributed by atoms with Crippen LogP contribution in [-0.2, 0) is 0 Å². The topological polar surface area (TPSA) is 79.4 Å². The standard InChI is InChI=1S/C31H37N5O2S2/c1-21(2)19-36(40-26-12-10-25(38-5)11-13-26)17-7-16-33-30(37)27-14-9-22(3)29(23(27)4)35-31-34-28(20-39-31)24-8-6-15-32-18-24/h6,8-15,18,20-21H,7,16-17,19H2,1-5H3,(H,33,37)(H,34,35). The lowest BCUT2D eigenvalue weighted by molar-refractivity contribution is 0.0952. The number of hydrogen-bond acceptors (Lipinski definition) is 8. The van der Waals surface area contributed by atoms with Crippen molar-refractivity contribution in [2.75, 3.05) is 32.1 Å². The summed E-state index contributed by atoms with van der Waals surface area (Å²) in [5.74, 6) is 1.34. The molecule has 0 aliphatic rings. The Morgan fingerprint density at radius 1 is 1.12 bits per heavy atom. The molecule has 0 bridgehead atoms. The molecule has 210 valence electrons. The fourth-order valence-electron chi connectivity index (χ4n) is 4.29. The Labute approximate surface area is 245 Å². The quantitative estimate of drug-likeness (QED) is 0.127. The number of anilines is 2. The van der Waals surface area contributed by atoms with Crippen molar-refractivity contribution in [3.05, 3.63) is 83.0 Å². The van der Waals surface area contributed by atoms with Gasteiger partial charge in [-0.3, -0.25) is 9.78 Å². The van der Waals surface area contributed by atoms with Crippen LogP contribution in [0.5, 0.6) is 5.75 Å². The molecule has 0 atom stereocenters. The normalized spacial score (nSPS) is 11.2. The Hall–Kier alpha value is -3.40. The summed E-state index contributed by atoms with van der Waals surface area (Å²) in [7, 11) is 1.68. The van der Waals surface area contributed by atoms with E-state index in [9.17, 15) is 4.79 Å². The third-order valence-corrected chi connectivity index (χ3v) is 8.17. The Morgan fingerprint density at radius 2 is 1.93 bits per heavy atom. The molecule has 0 aliphatic carbocycles. The lowest BCUT2D eigenvalue weighted by Crippen LogP contribution is -2.29. The molecule has 2 heterocycles. The average molecular weight is 576 g/mol. The number of amides is 1. The van der Waals surface area contributed by atoms with Crippen molar-refractivity contribution in [2.24, 2.45) is 5.92 Å². The Kier molecular flexibility index (Phi) is 10.6. The van der Waals surface area contributed by atoms with E-state index >= 15 is 0 Å². The van der Waals surface area contributed by atoms with Crippen molar-refractivity contribution in [1.29, 1.82) is 0 Å². The maximum absolute atomic E-state index is 13.2. The van der Waals surface area contributed by atoms with Crippen molar-refractivity contribution in [3.63, 3.8) is 0 Å². The summed E-state index contributed by atoms with van der Waals surface area (Å²) in [6.07, 6.45) is 4.41. The summed E-state index contributed by atoms with van der Waals surface area (Å²) in [4.78, 5) is 23.2. The Balaban J connectivity index is 1.34. The maximum Gasteiger partial charge on any atom is 0.251 e. The highest BCUT2D eigenvalue weighted by molar-refractivity contribution is 7.97. The molecule has 0 saturated heterocycles. The predicted octanol–water partition coefficient (Wildman–Crippen LogP) is 7.36. The third-order valence-electron chi connectivity index (χ3n) is 6.34. The van der Waals surface area contributed by atoms with Crippen LogP contribution < -0.4 is 15.4 Å². The summed E-state index contributed by atoms with van der Waals surface area (Å²) >= 11 is 3.28. The minimum atomic E-state index is -0.0612. The largest absolute Gasteiger partial charge is 0.497 e. The van der Waals surface area contributed by atoms with E-state index in [1.165, 1.54) is 16.2 Å². The first kappa shape index (κ1) is 29.6. The van der Waals surface area contributed by atoms with Gasteiger partial charge < -0.3 is 15.4 Å². The first-order chi connectivity index (χ1) is 19.3. The van der Waals surface area contributed by atoms with Crippen molar-refractivity contribution >= 4 is 40.0 Å². The van der Waals surface area contributed by atoms with Gasteiger partial charge in [0.1, 0.15) is 5.75 Å². The van der Waals surface area contributed by atoms with Crippen LogP contribution in [-0.4, -0.2) is 46.9 Å². The summed E-state index contributed by atoms with van der Waals surface area (Å²) in [6.45, 7) is 10.9. The van der Waals surface area contributed by atoms with Crippen molar-refractivity contribution in [3.8, 4) is 17.0 Å². The highest BCUT2D eigenvalue weighted by Gasteiger charge is 2.16. The van der Waals surface area contributed by atoms with Gasteiger partial charge >= 0.3 is 0 Å². The molecule has 4 rings (SSSR count). The number of aromatic nitrogens is 2. The molecular formula is C31H37N5O2S2. The van der Waals surface area contributed by atoms with E-state index in [4.69, 9.17) is 9.72 Å². The second-order valence-electron chi connectivity index (χ2n) is 9.99. The number of ether oxygens (including phenoxy) is 1. The van der Waals surface area contributed by atoms with Crippen LogP contribution in [0.1, 0.15) is 41.8 Å². The monoisotopic (exact) mass is 575 g/mol. The zero-order chi connectivity index (χ0) is 28.5. The van der Waals surface area contributed by atoms with E-state index in [2.05, 4.69) is 45.9 Å². The molecule has 1 amide bonds. The molecule has 0 aliphatic heterocycles. The molecule has 2 N–H and O–H groups in total. The van der Waals surface area contributed by atoms with E-state index < -0.39 is 0 Å². The van der Waals surface area contributed by atoms with Crippen LogP contribution in [0.4, 0.5) is 10.8 Å². The van der Waals surface area contributed by atoms with Crippen LogP contribution >= 0.6 is 23.3 Å². The molecule has 0 spiro atoms. The van der Waals surface area contributed by atoms with Gasteiger partial charge in [-0.1, -0.05) is 19.9 Å². The minimum Gasteiger partial charge on any atom is -0.497 e. The summed E-state index contributed by atoms with van der Waals surface area (Å²) in [6, 6.07) is 15.9. The van der Waals surface area contributed by atoms with Crippen LogP contribution in [0, 0.1) is 19.8 Å². The molecule has 9 heteroatoms. The van der Waals surface area contributed by atoms with Gasteiger partial charge in [-0.15, -0.1) is 11.3 Å². The number of aryl methyl sites for hydroxylation is 1. The summed E-state index contributed by atoms with van der Waals surface area (Å²) in [5, 5.41) is 9.36. The van der Waals surface area contributed by atoms with Gasteiger partial charge in [0, 0.05) is 59.1 Å². The van der Waals surface area contributed by atoms with E-state index in [1.807, 2.05) is 55.6 Å². The third kappa shape index (κ3) is 8.06. The van der Waals surface area contributed by atoms with Gasteiger partial charge in [0.05, 0.1) is 12.8 Å². The van der Waals surface area contributed by atoms with Crippen molar-refractivity contribution in [1.82, 2.24) is 19.6 Å². The second-order valence-corrected chi connectivity index (χ2v) is 12.0. The van der Waals surface area contributed by atoms with Crippen molar-refractivity contribution < 1.29 is 9.53 Å². The Morgan fingerprint density at radius 3 is 2.62 bits per heavy atom. The molecular weight excluding hydrogens is 539 g/mol. The number of benzene rings is 2. The average Bonchev–Trinajstić information content (AvgIpc) is 3.42. The van der Waals surface area contributed by atoms with E-state index in [0.29, 0.717) is 18.0 Å². The number of hydrogen-bond donors (Lipinski definition) is 2. The van der Waals surface area contributed by atoms with Gasteiger partial charge in [0.15, 0.2) is 5.13 Å². The number of methoxy groups -OCH3 is 1. The highest BCUT2D eigenvalue weighted by Crippen LogP contribution is 2.31. The second kappa shape index (κ2) is 14.3. The van der Waals surface area contributed by atoms with Crippen LogP contribution in [0.25, 0.3) is 11.3 Å². The molecule has 0 unspecified atom stereocenters. The molecule has 40 heavy (non-hydrogen) atoms. The zero-order valence-corrected chi connectivity index (χ0v) is 25.4. The number of carbonyl (C=O) groups excluding carboxylic acids is 1. The van der Waals surface area contributed by atoms with Gasteiger partial charge in [-0.05, 0) is 91.7 Å². The number of thiazole rings is 1. The molecule has 2 aromatic heterocycles. The zero-order valence-electron chi connectivity index (χ0n) is 23.7. The number of pyridine rings is 1. The minimum absolute atomic E-state index is 0.0612. The molecule has 2 aromatic carbocycles. The van der Waals surface area contributed by atoms with Gasteiger partial charge in [0.25, 0.3) is 5.91 Å². The lowest BCUT2D eigenvalue weighted by Gasteiger charge is -2.23. The van der Waals surface area contributed by atoms with E-state index in [0.717, 1.165) is 58.5 Å². The van der Waals surface area contributed by atoms with Gasteiger partial charge in [0.2, 0.25) is 0 Å². The maximum atomic E-state index is 13.2. The van der Waals surface area contributed by atoms with Crippen LogP contribution in [0.2, 0.25) is 0 Å². The Bertz CT molecular complexity index is 1390. The summed E-state index contributed by atoms with van der Waals surface area (Å²) < 4.78 is 7.64. The lowest BCUT2D eigenvalue weighted by atomic mass is 10.0. The van der Waals surface area contributed by atoms with Crippen LogP contribution in [0.3, 0.4) is 0 Å². The van der Waals surface area contributed by atoms with Crippen molar-refractivity contribution in [2.45, 2.75) is 39.0 Å². The fraction of sp³-hybridized carbons (Fsp3) is 0.323. The number of nitrogens with zero attached hydrogens (tertiary/aromatic N) is 3. The molecule has 0 saturated carbocycles. The smallest absolute Gasteiger partial charge is 0.251 e. The fourth-order valence-corrected chi connectivity index (χ4v) is 6.16. The SMILES string of the molecule is COc1ccc(SN(CCCNC(=O)c2ccc(C)c(Nc3nc(-c4cccnc4)cs3)c2C)CC(C)C)cc1. The summed E-state index contributed by atoms with van der Waals surface area (Å²) in [5.41, 5.74) is 5.41. The number of nitrogens with one attached hydrogen (secondary N) is 2. The predicted molar refractivity (Wildman–Crippen MR) is 167 cm³/mol. The number of carbonyl (C=O) groups is 1. The first-order valence-electron chi connectivity index (χ1n) is 13.4. The van der Waals surface area contributed by atoms with E-state index in [-0.39, 0.29) is 5.91 Å². The van der Waals surface area contributed by atoms with Crippen LogP contribution in [0.15, 0.2) is 71.2 Å². The number of rotatable bonds is 13. The highest BCUT2D eigenvalue weighted by atomic mass is 32.2.